The molecule has 0 unspecified atom stereocenters. The fraction of sp³-hybridized carbons (Fsp3) is 0.545. The zero-order chi connectivity index (χ0) is 12.7. The van der Waals surface area contributed by atoms with Crippen molar-refractivity contribution in [2.75, 3.05) is 13.2 Å². The third-order valence-electron chi connectivity index (χ3n) is 3.32. The first-order valence-corrected chi connectivity index (χ1v) is 6.24. The largest absolute Gasteiger partial charge is 0.381 e. The summed E-state index contributed by atoms with van der Waals surface area (Å²) in [4.78, 5) is 16.3. The van der Waals surface area contributed by atoms with E-state index < -0.39 is 0 Å². The van der Waals surface area contributed by atoms with Gasteiger partial charge in [0.15, 0.2) is 5.65 Å². The number of fused-ring (bicyclic) bond motifs is 1. The number of nitrogens with zero attached hydrogens (tertiary/aromatic N) is 4. The first-order valence-electron chi connectivity index (χ1n) is 5.86. The number of hydrogen-bond donors (Lipinski definition) is 0. The predicted molar refractivity (Wildman–Crippen MR) is 66.9 cm³/mol. The Morgan fingerprint density at radius 1 is 1.44 bits per heavy atom. The molecule has 1 aliphatic heterocycles. The van der Waals surface area contributed by atoms with Crippen LogP contribution in [0.25, 0.3) is 11.0 Å². The van der Waals surface area contributed by atoms with Crippen LogP contribution in [0.3, 0.4) is 0 Å². The van der Waals surface area contributed by atoms with E-state index in [1.54, 1.807) is 17.9 Å². The first-order chi connectivity index (χ1) is 8.68. The van der Waals surface area contributed by atoms with Crippen LogP contribution in [0.4, 0.5) is 0 Å². The van der Waals surface area contributed by atoms with Crippen molar-refractivity contribution >= 4 is 22.6 Å². The van der Waals surface area contributed by atoms with E-state index in [2.05, 4.69) is 10.1 Å². The summed E-state index contributed by atoms with van der Waals surface area (Å²) < 4.78 is 8.44. The quantitative estimate of drug-likeness (QED) is 0.728. The molecular formula is C11H13ClN4O2. The zero-order valence-corrected chi connectivity index (χ0v) is 10.7. The van der Waals surface area contributed by atoms with Crippen molar-refractivity contribution < 1.29 is 4.74 Å². The minimum Gasteiger partial charge on any atom is -0.381 e. The van der Waals surface area contributed by atoms with Gasteiger partial charge in [0.05, 0.1) is 12.2 Å². The van der Waals surface area contributed by atoms with Gasteiger partial charge in [-0.2, -0.15) is 10.1 Å². The monoisotopic (exact) mass is 268 g/mol. The molecule has 0 N–H and O–H groups in total. The van der Waals surface area contributed by atoms with Gasteiger partial charge in [-0.1, -0.05) is 0 Å². The number of halogens is 1. The van der Waals surface area contributed by atoms with Crippen molar-refractivity contribution in [1.29, 1.82) is 0 Å². The second-order valence-corrected chi connectivity index (χ2v) is 4.75. The molecular weight excluding hydrogens is 256 g/mol. The standard InChI is InChI=1S/C11H13ClN4O2/c1-15-10(17)8-6-13-16(9(8)14-11(15)12)7-2-4-18-5-3-7/h6-7H,2-5H2,1H3. The number of hydrogen-bond acceptors (Lipinski definition) is 4. The van der Waals surface area contributed by atoms with Gasteiger partial charge in [-0.15, -0.1) is 0 Å². The lowest BCUT2D eigenvalue weighted by molar-refractivity contribution is 0.0673. The van der Waals surface area contributed by atoms with Gasteiger partial charge in [-0.3, -0.25) is 9.36 Å². The lowest BCUT2D eigenvalue weighted by atomic mass is 10.1. The minimum absolute atomic E-state index is 0.164. The molecule has 0 saturated carbocycles. The minimum atomic E-state index is -0.164. The van der Waals surface area contributed by atoms with Gasteiger partial charge in [-0.25, -0.2) is 4.68 Å². The maximum absolute atomic E-state index is 12.0. The lowest BCUT2D eigenvalue weighted by Gasteiger charge is -2.22. The fourth-order valence-corrected chi connectivity index (χ4v) is 2.40. The van der Waals surface area contributed by atoms with Gasteiger partial charge in [0.2, 0.25) is 5.28 Å². The molecule has 3 heterocycles. The number of rotatable bonds is 1. The Kier molecular flexibility index (Phi) is 2.83. The second-order valence-electron chi connectivity index (χ2n) is 4.41. The van der Waals surface area contributed by atoms with Crippen molar-refractivity contribution in [2.24, 2.45) is 7.05 Å². The summed E-state index contributed by atoms with van der Waals surface area (Å²) in [7, 11) is 1.60. The Bertz CT molecular complexity index is 642. The van der Waals surface area contributed by atoms with Crippen molar-refractivity contribution in [1.82, 2.24) is 19.3 Å². The molecule has 96 valence electrons. The van der Waals surface area contributed by atoms with Crippen molar-refractivity contribution in [3.63, 3.8) is 0 Å². The Labute approximate surface area is 108 Å². The van der Waals surface area contributed by atoms with Gasteiger partial charge in [0, 0.05) is 20.3 Å². The third kappa shape index (κ3) is 1.72. The Hall–Kier alpha value is -1.40. The van der Waals surface area contributed by atoms with Crippen molar-refractivity contribution in [3.05, 3.63) is 21.8 Å². The van der Waals surface area contributed by atoms with E-state index in [-0.39, 0.29) is 16.9 Å². The maximum Gasteiger partial charge on any atom is 0.265 e. The highest BCUT2D eigenvalue weighted by molar-refractivity contribution is 6.28. The van der Waals surface area contributed by atoms with Crippen LogP contribution in [0.5, 0.6) is 0 Å². The number of ether oxygens (including phenoxy) is 1. The van der Waals surface area contributed by atoms with Gasteiger partial charge < -0.3 is 4.74 Å². The Morgan fingerprint density at radius 2 is 2.17 bits per heavy atom. The maximum atomic E-state index is 12.0. The van der Waals surface area contributed by atoms with E-state index in [1.165, 1.54) is 4.57 Å². The van der Waals surface area contributed by atoms with E-state index in [0.29, 0.717) is 24.2 Å². The summed E-state index contributed by atoms with van der Waals surface area (Å²) >= 11 is 5.95. The second kappa shape index (κ2) is 4.37. The van der Waals surface area contributed by atoms with Crippen LogP contribution >= 0.6 is 11.6 Å². The zero-order valence-electron chi connectivity index (χ0n) is 9.97. The SMILES string of the molecule is Cn1c(Cl)nc2c(cnn2C2CCOCC2)c1=O. The van der Waals surface area contributed by atoms with E-state index in [1.807, 2.05) is 0 Å². The molecule has 6 nitrogen and oxygen atoms in total. The summed E-state index contributed by atoms with van der Waals surface area (Å²) in [5.74, 6) is 0. The molecule has 0 spiro atoms. The van der Waals surface area contributed by atoms with Crippen LogP contribution in [0.1, 0.15) is 18.9 Å². The molecule has 0 bridgehead atoms. The topological polar surface area (TPSA) is 61.9 Å². The molecule has 1 aliphatic rings. The lowest BCUT2D eigenvalue weighted by Crippen LogP contribution is -2.22. The summed E-state index contributed by atoms with van der Waals surface area (Å²) in [6.45, 7) is 1.43. The summed E-state index contributed by atoms with van der Waals surface area (Å²) in [6.07, 6.45) is 3.33. The highest BCUT2D eigenvalue weighted by Gasteiger charge is 2.20. The molecule has 7 heteroatoms. The van der Waals surface area contributed by atoms with Crippen LogP contribution < -0.4 is 5.56 Å². The van der Waals surface area contributed by atoms with Gasteiger partial charge in [-0.05, 0) is 24.4 Å². The molecule has 18 heavy (non-hydrogen) atoms. The molecule has 0 atom stereocenters. The Morgan fingerprint density at radius 3 is 2.89 bits per heavy atom. The van der Waals surface area contributed by atoms with Gasteiger partial charge in [0.25, 0.3) is 5.56 Å². The predicted octanol–water partition coefficient (Wildman–Crippen LogP) is 1.13. The van der Waals surface area contributed by atoms with Crippen LogP contribution in [-0.4, -0.2) is 32.5 Å². The molecule has 0 aliphatic carbocycles. The average Bonchev–Trinajstić information content (AvgIpc) is 2.81. The molecule has 2 aromatic heterocycles. The highest BCUT2D eigenvalue weighted by Crippen LogP contribution is 2.23. The Balaban J connectivity index is 2.17. The first kappa shape index (κ1) is 11.7. The number of aromatic nitrogens is 4. The van der Waals surface area contributed by atoms with Crippen LogP contribution in [-0.2, 0) is 11.8 Å². The third-order valence-corrected chi connectivity index (χ3v) is 3.65. The van der Waals surface area contributed by atoms with Crippen molar-refractivity contribution in [2.45, 2.75) is 18.9 Å². The van der Waals surface area contributed by atoms with E-state index in [4.69, 9.17) is 16.3 Å². The van der Waals surface area contributed by atoms with Gasteiger partial charge in [0.1, 0.15) is 5.39 Å². The molecule has 2 aromatic rings. The molecule has 3 rings (SSSR count). The average molecular weight is 269 g/mol. The molecule has 1 fully saturated rings. The smallest absolute Gasteiger partial charge is 0.265 e. The van der Waals surface area contributed by atoms with Crippen LogP contribution in [0.15, 0.2) is 11.0 Å². The van der Waals surface area contributed by atoms with E-state index >= 15 is 0 Å². The summed E-state index contributed by atoms with van der Waals surface area (Å²) in [5.41, 5.74) is 0.401. The normalized spacial score (nSPS) is 17.4. The summed E-state index contributed by atoms with van der Waals surface area (Å²) in [5, 5.41) is 4.98. The van der Waals surface area contributed by atoms with Gasteiger partial charge >= 0.3 is 0 Å². The van der Waals surface area contributed by atoms with Crippen molar-refractivity contribution in [3.8, 4) is 0 Å². The van der Waals surface area contributed by atoms with E-state index in [0.717, 1.165) is 12.8 Å². The molecule has 0 aromatic carbocycles. The van der Waals surface area contributed by atoms with Crippen LogP contribution in [0.2, 0.25) is 5.28 Å². The summed E-state index contributed by atoms with van der Waals surface area (Å²) in [6, 6.07) is 0.229. The molecule has 0 radical (unpaired) electrons. The van der Waals surface area contributed by atoms with Crippen LogP contribution in [0, 0.1) is 0 Å². The van der Waals surface area contributed by atoms with E-state index in [9.17, 15) is 4.79 Å². The molecule has 1 saturated heterocycles. The fourth-order valence-electron chi connectivity index (χ4n) is 2.24. The highest BCUT2D eigenvalue weighted by atomic mass is 35.5. The molecule has 0 amide bonds.